The fourth-order valence-corrected chi connectivity index (χ4v) is 5.00. The number of amides is 3. The van der Waals surface area contributed by atoms with E-state index in [1.165, 1.54) is 0 Å². The molecule has 2 aromatic rings. The summed E-state index contributed by atoms with van der Waals surface area (Å²) >= 11 is 12.0. The summed E-state index contributed by atoms with van der Waals surface area (Å²) in [5.74, 6) is -0.915. The molecule has 1 aliphatic carbocycles. The molecule has 0 radical (unpaired) electrons. The molecule has 0 aromatic heterocycles. The number of nitrogens with one attached hydrogen (secondary N) is 2. The quantitative estimate of drug-likeness (QED) is 0.715. The first-order valence-electron chi connectivity index (χ1n) is 10.4. The zero-order valence-corrected chi connectivity index (χ0v) is 18.3. The first-order valence-corrected chi connectivity index (χ1v) is 11.1. The number of carbonyl (C=O) groups is 3. The van der Waals surface area contributed by atoms with E-state index in [0.717, 1.165) is 25.7 Å². The molecule has 3 atom stereocenters. The summed E-state index contributed by atoms with van der Waals surface area (Å²) in [5, 5.41) is 6.56. The first-order chi connectivity index (χ1) is 14.9. The van der Waals surface area contributed by atoms with E-state index in [4.69, 9.17) is 23.2 Å². The molecule has 0 spiro atoms. The maximum Gasteiger partial charge on any atom is 0.254 e. The molecule has 0 unspecified atom stereocenters. The van der Waals surface area contributed by atoms with Gasteiger partial charge in [-0.1, -0.05) is 54.2 Å². The molecule has 1 heterocycles. The number of nitrogens with zero attached hydrogens (tertiary/aromatic N) is 1. The van der Waals surface area contributed by atoms with Gasteiger partial charge in [-0.25, -0.2) is 0 Å². The van der Waals surface area contributed by atoms with Crippen molar-refractivity contribution in [1.29, 1.82) is 0 Å². The summed E-state index contributed by atoms with van der Waals surface area (Å²) < 4.78 is 0. The Balaban J connectivity index is 1.59. The van der Waals surface area contributed by atoms with Crippen LogP contribution in [-0.2, 0) is 9.59 Å². The second kappa shape index (κ2) is 9.28. The van der Waals surface area contributed by atoms with E-state index >= 15 is 0 Å². The van der Waals surface area contributed by atoms with Crippen molar-refractivity contribution < 1.29 is 14.4 Å². The minimum atomic E-state index is -0.887. The molecule has 0 bridgehead atoms. The average Bonchev–Trinajstić information content (AvgIpc) is 2.73. The van der Waals surface area contributed by atoms with Crippen LogP contribution in [0.25, 0.3) is 0 Å². The van der Waals surface area contributed by atoms with Gasteiger partial charge >= 0.3 is 0 Å². The second-order valence-corrected chi connectivity index (χ2v) is 8.84. The van der Waals surface area contributed by atoms with E-state index < -0.39 is 11.9 Å². The minimum absolute atomic E-state index is 0.0834. The highest BCUT2D eigenvalue weighted by molar-refractivity contribution is 6.35. The van der Waals surface area contributed by atoms with Crippen LogP contribution in [0.2, 0.25) is 10.0 Å². The molecule has 1 aliphatic heterocycles. The topological polar surface area (TPSA) is 78.5 Å². The van der Waals surface area contributed by atoms with Crippen LogP contribution in [0.5, 0.6) is 0 Å². The Bertz CT molecular complexity index is 979. The molecule has 3 amide bonds. The number of anilines is 1. The third-order valence-electron chi connectivity index (χ3n) is 5.83. The molecular weight excluding hydrogens is 437 g/mol. The molecule has 2 N–H and O–H groups in total. The van der Waals surface area contributed by atoms with E-state index in [1.54, 1.807) is 47.4 Å². The Morgan fingerprint density at radius 2 is 1.71 bits per heavy atom. The first kappa shape index (κ1) is 21.7. The highest BCUT2D eigenvalue weighted by Crippen LogP contribution is 2.31. The number of fused-ring (bicyclic) bond motifs is 1. The van der Waals surface area contributed by atoms with Crippen molar-refractivity contribution in [2.45, 2.75) is 50.2 Å². The van der Waals surface area contributed by atoms with Gasteiger partial charge < -0.3 is 15.5 Å². The maximum absolute atomic E-state index is 13.4. The fraction of sp³-hybridized carbons (Fsp3) is 0.348. The lowest BCUT2D eigenvalue weighted by Gasteiger charge is -2.48. The fourth-order valence-electron chi connectivity index (χ4n) is 4.48. The molecule has 162 valence electrons. The van der Waals surface area contributed by atoms with Gasteiger partial charge in [0.2, 0.25) is 11.8 Å². The van der Waals surface area contributed by atoms with Crippen LogP contribution in [0.3, 0.4) is 0 Å². The number of halogens is 2. The highest BCUT2D eigenvalue weighted by atomic mass is 35.5. The molecular formula is C23H23Cl2N3O3. The van der Waals surface area contributed by atoms with Crippen LogP contribution in [0.1, 0.15) is 42.5 Å². The van der Waals surface area contributed by atoms with Gasteiger partial charge in [-0.05, 0) is 43.2 Å². The van der Waals surface area contributed by atoms with Crippen LogP contribution in [0, 0.1) is 0 Å². The number of piperazine rings is 1. The number of rotatable bonds is 4. The van der Waals surface area contributed by atoms with Crippen molar-refractivity contribution in [1.82, 2.24) is 10.2 Å². The van der Waals surface area contributed by atoms with E-state index in [1.807, 2.05) is 6.07 Å². The van der Waals surface area contributed by atoms with Crippen molar-refractivity contribution in [3.05, 3.63) is 64.1 Å². The average molecular weight is 460 g/mol. The predicted molar refractivity (Wildman–Crippen MR) is 120 cm³/mol. The lowest BCUT2D eigenvalue weighted by atomic mass is 9.84. The number of hydrogen-bond donors (Lipinski definition) is 2. The standard InChI is InChI=1S/C23H23Cl2N3O3/c24-15-10-16(25)12-17(11-15)26-21(29)13-20-22(30)27-18-8-4-5-9-19(18)28(20)23(31)14-6-2-1-3-7-14/h1-3,6-7,10-12,18-20H,4-5,8-9,13H2,(H,26,29)(H,27,30)/t18-,19+,20+/m0/s1. The molecule has 8 heteroatoms. The normalized spacial score (nSPS) is 23.0. The lowest BCUT2D eigenvalue weighted by Crippen LogP contribution is -2.68. The van der Waals surface area contributed by atoms with Gasteiger partial charge in [-0.15, -0.1) is 0 Å². The summed E-state index contributed by atoms with van der Waals surface area (Å²) in [6.07, 6.45) is 3.46. The Morgan fingerprint density at radius 3 is 2.42 bits per heavy atom. The van der Waals surface area contributed by atoms with Gasteiger partial charge in [0.25, 0.3) is 5.91 Å². The summed E-state index contributed by atoms with van der Waals surface area (Å²) in [6, 6.07) is 12.5. The number of benzene rings is 2. The SMILES string of the molecule is O=C(C[C@@H]1C(=O)N[C@H]2CCCC[C@H]2N1C(=O)c1ccccc1)Nc1cc(Cl)cc(Cl)c1. The van der Waals surface area contributed by atoms with Crippen LogP contribution >= 0.6 is 23.2 Å². The summed E-state index contributed by atoms with van der Waals surface area (Å²) in [4.78, 5) is 40.8. The van der Waals surface area contributed by atoms with Gasteiger partial charge in [0.15, 0.2) is 0 Å². The van der Waals surface area contributed by atoms with Crippen molar-refractivity contribution in [3.63, 3.8) is 0 Å². The molecule has 2 aromatic carbocycles. The Labute approximate surface area is 190 Å². The van der Waals surface area contributed by atoms with Crippen molar-refractivity contribution in [2.24, 2.45) is 0 Å². The largest absolute Gasteiger partial charge is 0.349 e. The van der Waals surface area contributed by atoms with Gasteiger partial charge in [-0.3, -0.25) is 14.4 Å². The van der Waals surface area contributed by atoms with Gasteiger partial charge in [0, 0.05) is 27.3 Å². The monoisotopic (exact) mass is 459 g/mol. The third-order valence-corrected chi connectivity index (χ3v) is 6.27. The zero-order chi connectivity index (χ0) is 22.0. The van der Waals surface area contributed by atoms with Crippen LogP contribution in [-0.4, -0.2) is 40.7 Å². The zero-order valence-electron chi connectivity index (χ0n) is 16.8. The molecule has 2 aliphatic rings. The Hall–Kier alpha value is -2.57. The summed E-state index contributed by atoms with van der Waals surface area (Å²) in [6.45, 7) is 0. The molecule has 31 heavy (non-hydrogen) atoms. The summed E-state index contributed by atoms with van der Waals surface area (Å²) in [5.41, 5.74) is 0.948. The Morgan fingerprint density at radius 1 is 1.03 bits per heavy atom. The van der Waals surface area contributed by atoms with E-state index in [9.17, 15) is 14.4 Å². The van der Waals surface area contributed by atoms with Gasteiger partial charge in [0.1, 0.15) is 6.04 Å². The third kappa shape index (κ3) is 4.86. The minimum Gasteiger partial charge on any atom is -0.349 e. The van der Waals surface area contributed by atoms with E-state index in [-0.39, 0.29) is 30.3 Å². The smallest absolute Gasteiger partial charge is 0.254 e. The maximum atomic E-state index is 13.4. The summed E-state index contributed by atoms with van der Waals surface area (Å²) in [7, 11) is 0. The number of carbonyl (C=O) groups excluding carboxylic acids is 3. The predicted octanol–water partition coefficient (Wildman–Crippen LogP) is 4.27. The van der Waals surface area contributed by atoms with Crippen LogP contribution in [0.4, 0.5) is 5.69 Å². The van der Waals surface area contributed by atoms with Gasteiger partial charge in [0.05, 0.1) is 12.5 Å². The Kier molecular flexibility index (Phi) is 6.49. The molecule has 6 nitrogen and oxygen atoms in total. The lowest BCUT2D eigenvalue weighted by molar-refractivity contribution is -0.135. The van der Waals surface area contributed by atoms with Crippen LogP contribution in [0.15, 0.2) is 48.5 Å². The van der Waals surface area contributed by atoms with Gasteiger partial charge in [-0.2, -0.15) is 0 Å². The highest BCUT2D eigenvalue weighted by Gasteiger charge is 2.46. The molecule has 2 fully saturated rings. The van der Waals surface area contributed by atoms with Crippen molar-refractivity contribution >= 4 is 46.6 Å². The molecule has 1 saturated carbocycles. The van der Waals surface area contributed by atoms with E-state index in [0.29, 0.717) is 21.3 Å². The van der Waals surface area contributed by atoms with E-state index in [2.05, 4.69) is 10.6 Å². The van der Waals surface area contributed by atoms with Crippen LogP contribution < -0.4 is 10.6 Å². The number of hydrogen-bond acceptors (Lipinski definition) is 3. The van der Waals surface area contributed by atoms with Crippen molar-refractivity contribution in [2.75, 3.05) is 5.32 Å². The second-order valence-electron chi connectivity index (χ2n) is 7.97. The van der Waals surface area contributed by atoms with Crippen molar-refractivity contribution in [3.8, 4) is 0 Å². The molecule has 4 rings (SSSR count). The molecule has 1 saturated heterocycles.